The molecule has 21 heavy (non-hydrogen) atoms. The largest absolute Gasteiger partial charge is 0.433 e. The van der Waals surface area contributed by atoms with E-state index >= 15 is 0 Å². The van der Waals surface area contributed by atoms with Crippen LogP contribution in [0, 0.1) is 23.7 Å². The van der Waals surface area contributed by atoms with Crippen LogP contribution in [0.4, 0.5) is 19.1 Å². The maximum Gasteiger partial charge on any atom is 0.433 e. The number of rotatable bonds is 2. The van der Waals surface area contributed by atoms with Crippen molar-refractivity contribution in [3.05, 3.63) is 18.0 Å². The number of hydrogen-bond acceptors (Lipinski definition) is 3. The minimum atomic E-state index is -4.41. The first kappa shape index (κ1) is 13.3. The summed E-state index contributed by atoms with van der Waals surface area (Å²) in [7, 11) is 0. The molecule has 1 aromatic heterocycles. The molecule has 0 amide bonds. The van der Waals surface area contributed by atoms with Gasteiger partial charge >= 0.3 is 6.18 Å². The van der Waals surface area contributed by atoms with Crippen LogP contribution >= 0.6 is 0 Å². The van der Waals surface area contributed by atoms with Crippen LogP contribution in [0.3, 0.4) is 0 Å². The summed E-state index contributed by atoms with van der Waals surface area (Å²) in [6.45, 7) is 0. The molecule has 1 heterocycles. The van der Waals surface area contributed by atoms with Gasteiger partial charge in [0, 0.05) is 12.2 Å². The minimum Gasteiger partial charge on any atom is -0.351 e. The zero-order valence-corrected chi connectivity index (χ0v) is 11.6. The molecular formula is C15H18F3N3. The van der Waals surface area contributed by atoms with Crippen molar-refractivity contribution in [3.8, 4) is 0 Å². The van der Waals surface area contributed by atoms with Crippen molar-refractivity contribution in [2.45, 2.75) is 44.3 Å². The predicted octanol–water partition coefficient (Wildman–Crippen LogP) is 3.73. The topological polar surface area (TPSA) is 37.8 Å². The molecule has 1 N–H and O–H groups in total. The molecule has 3 fully saturated rings. The highest BCUT2D eigenvalue weighted by Gasteiger charge is 2.53. The number of alkyl halides is 3. The maximum absolute atomic E-state index is 12.7. The number of aromatic nitrogens is 2. The fourth-order valence-electron chi connectivity index (χ4n) is 4.99. The lowest BCUT2D eigenvalue weighted by Crippen LogP contribution is -2.34. The fourth-order valence-corrected chi connectivity index (χ4v) is 4.99. The summed E-state index contributed by atoms with van der Waals surface area (Å²) in [5, 5.41) is 3.18. The number of nitrogens with zero attached hydrogens (tertiary/aromatic N) is 2. The van der Waals surface area contributed by atoms with Crippen molar-refractivity contribution in [2.75, 3.05) is 5.32 Å². The molecule has 4 rings (SSSR count). The first-order valence-electron chi connectivity index (χ1n) is 7.69. The van der Waals surface area contributed by atoms with Crippen LogP contribution in [-0.4, -0.2) is 16.0 Å². The monoisotopic (exact) mass is 297 g/mol. The highest BCUT2D eigenvalue weighted by Crippen LogP contribution is 2.59. The Morgan fingerprint density at radius 2 is 1.90 bits per heavy atom. The lowest BCUT2D eigenvalue weighted by molar-refractivity contribution is -0.141. The molecule has 0 spiro atoms. The molecule has 3 aliphatic carbocycles. The molecule has 0 radical (unpaired) electrons. The van der Waals surface area contributed by atoms with Gasteiger partial charge in [-0.2, -0.15) is 13.2 Å². The Bertz CT molecular complexity index is 545. The Hall–Kier alpha value is -1.33. The zero-order valence-electron chi connectivity index (χ0n) is 11.6. The van der Waals surface area contributed by atoms with Crippen LogP contribution in [0.5, 0.6) is 0 Å². The van der Waals surface area contributed by atoms with Gasteiger partial charge in [0.15, 0.2) is 0 Å². The highest BCUT2D eigenvalue weighted by molar-refractivity contribution is 5.30. The number of hydrogen-bond donors (Lipinski definition) is 1. The molecule has 0 aliphatic heterocycles. The van der Waals surface area contributed by atoms with Crippen molar-refractivity contribution < 1.29 is 13.2 Å². The number of anilines is 1. The van der Waals surface area contributed by atoms with Gasteiger partial charge in [0.25, 0.3) is 0 Å². The standard InChI is InChI=1S/C15H18F3N3/c16-15(17,18)13-4-5-19-14(21-13)20-12-7-8-6-11(12)10-3-1-2-9(8)10/h4-5,8-12H,1-3,6-7H2,(H,19,20,21)/t8-,9+,10-,11+,12-/m1/s1. The first-order valence-corrected chi connectivity index (χ1v) is 7.69. The van der Waals surface area contributed by atoms with E-state index < -0.39 is 11.9 Å². The molecule has 3 nitrogen and oxygen atoms in total. The summed E-state index contributed by atoms with van der Waals surface area (Å²) in [5.41, 5.74) is -0.873. The summed E-state index contributed by atoms with van der Waals surface area (Å²) in [6.07, 6.45) is 3.01. The van der Waals surface area contributed by atoms with Crippen LogP contribution in [0.2, 0.25) is 0 Å². The van der Waals surface area contributed by atoms with Gasteiger partial charge in [0.2, 0.25) is 5.95 Å². The summed E-state index contributed by atoms with van der Waals surface area (Å²) >= 11 is 0. The summed E-state index contributed by atoms with van der Waals surface area (Å²) < 4.78 is 38.1. The van der Waals surface area contributed by atoms with Crippen molar-refractivity contribution in [2.24, 2.45) is 23.7 Å². The average molecular weight is 297 g/mol. The molecule has 0 aromatic carbocycles. The highest BCUT2D eigenvalue weighted by atomic mass is 19.4. The van der Waals surface area contributed by atoms with Gasteiger partial charge in [0.05, 0.1) is 0 Å². The van der Waals surface area contributed by atoms with Crippen LogP contribution in [0.25, 0.3) is 0 Å². The smallest absolute Gasteiger partial charge is 0.351 e. The van der Waals surface area contributed by atoms with Gasteiger partial charge in [-0.15, -0.1) is 0 Å². The Labute approximate surface area is 121 Å². The lowest BCUT2D eigenvalue weighted by Gasteiger charge is -2.32. The van der Waals surface area contributed by atoms with Gasteiger partial charge in [-0.1, -0.05) is 6.42 Å². The Morgan fingerprint density at radius 1 is 1.10 bits per heavy atom. The minimum absolute atomic E-state index is 0.122. The normalized spacial score (nSPS) is 37.8. The predicted molar refractivity (Wildman–Crippen MR) is 71.5 cm³/mol. The number of halogens is 3. The van der Waals surface area contributed by atoms with E-state index in [9.17, 15) is 13.2 Å². The van der Waals surface area contributed by atoms with E-state index in [0.29, 0.717) is 5.92 Å². The Kier molecular flexibility index (Phi) is 2.91. The van der Waals surface area contributed by atoms with Crippen LogP contribution in [0.1, 0.15) is 37.8 Å². The van der Waals surface area contributed by atoms with E-state index in [4.69, 9.17) is 0 Å². The summed E-state index contributed by atoms with van der Waals surface area (Å²) in [6, 6.07) is 1.16. The van der Waals surface area contributed by atoms with Crippen molar-refractivity contribution >= 4 is 5.95 Å². The third kappa shape index (κ3) is 2.19. The van der Waals surface area contributed by atoms with E-state index in [-0.39, 0.29) is 12.0 Å². The van der Waals surface area contributed by atoms with E-state index in [1.54, 1.807) is 0 Å². The van der Waals surface area contributed by atoms with E-state index in [1.165, 1.54) is 31.9 Å². The quantitative estimate of drug-likeness (QED) is 0.904. The van der Waals surface area contributed by atoms with Crippen LogP contribution in [0.15, 0.2) is 12.3 Å². The third-order valence-electron chi connectivity index (χ3n) is 5.69. The van der Waals surface area contributed by atoms with Crippen LogP contribution in [-0.2, 0) is 6.18 Å². The van der Waals surface area contributed by atoms with E-state index in [2.05, 4.69) is 15.3 Å². The molecule has 0 saturated heterocycles. The number of fused-ring (bicyclic) bond motifs is 5. The van der Waals surface area contributed by atoms with Gasteiger partial charge < -0.3 is 5.32 Å². The number of nitrogens with one attached hydrogen (secondary N) is 1. The molecule has 1 aromatic rings. The molecule has 114 valence electrons. The van der Waals surface area contributed by atoms with Crippen molar-refractivity contribution in [3.63, 3.8) is 0 Å². The molecule has 3 saturated carbocycles. The van der Waals surface area contributed by atoms with Crippen molar-refractivity contribution in [1.82, 2.24) is 9.97 Å². The SMILES string of the molecule is FC(F)(F)c1ccnc(N[C@@H]2C[C@H]3C[C@H]2[C@@H]2CCC[C@@H]32)n1. The molecule has 6 heteroatoms. The molecule has 5 atom stereocenters. The van der Waals surface area contributed by atoms with E-state index in [1.807, 2.05) is 0 Å². The third-order valence-corrected chi connectivity index (χ3v) is 5.69. The first-order chi connectivity index (χ1) is 10.0. The van der Waals surface area contributed by atoms with E-state index in [0.717, 1.165) is 30.2 Å². The Morgan fingerprint density at radius 3 is 2.71 bits per heavy atom. The second-order valence-electron chi connectivity index (χ2n) is 6.67. The van der Waals surface area contributed by atoms with Gasteiger partial charge in [0.1, 0.15) is 5.69 Å². The summed E-state index contributed by atoms with van der Waals surface area (Å²) in [4.78, 5) is 7.59. The summed E-state index contributed by atoms with van der Waals surface area (Å²) in [5.74, 6) is 3.12. The second kappa shape index (κ2) is 4.58. The maximum atomic E-state index is 12.7. The van der Waals surface area contributed by atoms with Crippen LogP contribution < -0.4 is 5.32 Å². The van der Waals surface area contributed by atoms with Crippen molar-refractivity contribution in [1.29, 1.82) is 0 Å². The second-order valence-corrected chi connectivity index (χ2v) is 6.67. The molecule has 0 unspecified atom stereocenters. The van der Waals surface area contributed by atoms with Gasteiger partial charge in [-0.05, 0) is 55.4 Å². The fraction of sp³-hybridized carbons (Fsp3) is 0.733. The Balaban J connectivity index is 1.50. The molecule has 3 aliphatic rings. The van der Waals surface area contributed by atoms with Gasteiger partial charge in [-0.3, -0.25) is 0 Å². The zero-order chi connectivity index (χ0) is 14.6. The lowest BCUT2D eigenvalue weighted by atomic mass is 9.79. The molecular weight excluding hydrogens is 279 g/mol. The molecule has 2 bridgehead atoms. The average Bonchev–Trinajstić information content (AvgIpc) is 3.09. The van der Waals surface area contributed by atoms with Gasteiger partial charge in [-0.25, -0.2) is 9.97 Å².